The van der Waals surface area contributed by atoms with Crippen molar-refractivity contribution in [3.63, 3.8) is 0 Å². The summed E-state index contributed by atoms with van der Waals surface area (Å²) in [6.45, 7) is 4.98. The Labute approximate surface area is 140 Å². The number of aromatic nitrogens is 3. The number of hydrogen-bond acceptors (Lipinski definition) is 3. The monoisotopic (exact) mass is 324 g/mol. The van der Waals surface area contributed by atoms with Crippen molar-refractivity contribution in [2.45, 2.75) is 26.8 Å². The number of nitriles is 1. The highest BCUT2D eigenvalue weighted by Gasteiger charge is 2.14. The van der Waals surface area contributed by atoms with Gasteiger partial charge < -0.3 is 4.57 Å². The summed E-state index contributed by atoms with van der Waals surface area (Å²) in [5, 5.41) is 9.66. The second kappa shape index (κ2) is 6.39. The van der Waals surface area contributed by atoms with Crippen molar-refractivity contribution in [3.05, 3.63) is 58.5 Å². The van der Waals surface area contributed by atoms with Gasteiger partial charge in [0.25, 0.3) is 0 Å². The molecule has 0 aliphatic carbocycles. The highest BCUT2D eigenvalue weighted by Crippen LogP contribution is 2.21. The first-order chi connectivity index (χ1) is 11.1. The van der Waals surface area contributed by atoms with Gasteiger partial charge in [-0.05, 0) is 29.7 Å². The predicted octanol–water partition coefficient (Wildman–Crippen LogP) is 4.20. The molecule has 116 valence electrons. The minimum Gasteiger partial charge on any atom is -0.308 e. The van der Waals surface area contributed by atoms with Crippen molar-refractivity contribution in [3.8, 4) is 6.07 Å². The fourth-order valence-electron chi connectivity index (χ4n) is 2.64. The van der Waals surface area contributed by atoms with Crippen LogP contribution in [0.5, 0.6) is 0 Å². The third-order valence-electron chi connectivity index (χ3n) is 3.62. The maximum absolute atomic E-state index is 9.07. The standard InChI is InChI=1S/C18H17ClN4/c1-12(2)6-17-22-16-8-15(19)10-21-18(16)23(17)11-14-5-3-4-13(7-14)9-20/h3-5,7-8,10,12H,6,11H2,1-2H3. The molecule has 2 aromatic heterocycles. The van der Waals surface area contributed by atoms with Crippen LogP contribution in [0.4, 0.5) is 0 Å². The van der Waals surface area contributed by atoms with Gasteiger partial charge in [0.1, 0.15) is 11.3 Å². The molecule has 2 heterocycles. The molecule has 3 rings (SSSR count). The van der Waals surface area contributed by atoms with Crippen molar-refractivity contribution in [1.82, 2.24) is 14.5 Å². The van der Waals surface area contributed by atoms with Crippen LogP contribution in [0, 0.1) is 17.2 Å². The summed E-state index contributed by atoms with van der Waals surface area (Å²) in [6, 6.07) is 11.7. The van der Waals surface area contributed by atoms with Crippen molar-refractivity contribution in [2.75, 3.05) is 0 Å². The largest absolute Gasteiger partial charge is 0.308 e. The highest BCUT2D eigenvalue weighted by atomic mass is 35.5. The van der Waals surface area contributed by atoms with E-state index in [0.29, 0.717) is 23.0 Å². The summed E-state index contributed by atoms with van der Waals surface area (Å²) in [5.41, 5.74) is 3.36. The van der Waals surface area contributed by atoms with Gasteiger partial charge in [0.15, 0.2) is 5.65 Å². The fraction of sp³-hybridized carbons (Fsp3) is 0.278. The van der Waals surface area contributed by atoms with Crippen LogP contribution in [0.1, 0.15) is 30.8 Å². The summed E-state index contributed by atoms with van der Waals surface area (Å²) >= 11 is 6.04. The molecule has 3 aromatic rings. The number of imidazole rings is 1. The van der Waals surface area contributed by atoms with E-state index in [1.54, 1.807) is 6.20 Å². The number of benzene rings is 1. The maximum Gasteiger partial charge on any atom is 0.160 e. The Hall–Kier alpha value is -2.38. The molecule has 1 aromatic carbocycles. The van der Waals surface area contributed by atoms with Crippen LogP contribution in [0.2, 0.25) is 5.02 Å². The van der Waals surface area contributed by atoms with Gasteiger partial charge >= 0.3 is 0 Å². The third-order valence-corrected chi connectivity index (χ3v) is 3.82. The van der Waals surface area contributed by atoms with Crippen LogP contribution >= 0.6 is 11.6 Å². The Morgan fingerprint density at radius 1 is 1.30 bits per heavy atom. The van der Waals surface area contributed by atoms with E-state index in [1.165, 1.54) is 0 Å². The van der Waals surface area contributed by atoms with Crippen LogP contribution in [-0.2, 0) is 13.0 Å². The Morgan fingerprint density at radius 3 is 2.87 bits per heavy atom. The second-order valence-electron chi connectivity index (χ2n) is 6.02. The lowest BCUT2D eigenvalue weighted by Gasteiger charge is -2.10. The Balaban J connectivity index is 2.08. The van der Waals surface area contributed by atoms with E-state index in [1.807, 2.05) is 30.3 Å². The molecule has 0 spiro atoms. The van der Waals surface area contributed by atoms with E-state index in [4.69, 9.17) is 21.8 Å². The molecule has 0 aliphatic rings. The quantitative estimate of drug-likeness (QED) is 0.722. The Bertz CT molecular complexity index is 890. The molecule has 0 fully saturated rings. The molecule has 5 heteroatoms. The van der Waals surface area contributed by atoms with E-state index in [9.17, 15) is 0 Å². The number of rotatable bonds is 4. The first-order valence-electron chi connectivity index (χ1n) is 7.56. The highest BCUT2D eigenvalue weighted by molar-refractivity contribution is 6.31. The molecule has 4 nitrogen and oxygen atoms in total. The number of halogens is 1. The number of nitrogens with zero attached hydrogens (tertiary/aromatic N) is 4. The van der Waals surface area contributed by atoms with Crippen LogP contribution < -0.4 is 0 Å². The minimum absolute atomic E-state index is 0.492. The smallest absolute Gasteiger partial charge is 0.160 e. The lowest BCUT2D eigenvalue weighted by molar-refractivity contribution is 0.594. The van der Waals surface area contributed by atoms with Crippen molar-refractivity contribution >= 4 is 22.8 Å². The molecule has 0 amide bonds. The average Bonchev–Trinajstić information content (AvgIpc) is 2.83. The van der Waals surface area contributed by atoms with Crippen molar-refractivity contribution in [1.29, 1.82) is 5.26 Å². The SMILES string of the molecule is CC(C)Cc1nc2cc(Cl)cnc2n1Cc1cccc(C#N)c1. The zero-order valence-electron chi connectivity index (χ0n) is 13.1. The molecular formula is C18H17ClN4. The van der Waals surface area contributed by atoms with Crippen LogP contribution in [-0.4, -0.2) is 14.5 Å². The molecule has 0 saturated heterocycles. The van der Waals surface area contributed by atoms with Crippen molar-refractivity contribution in [2.24, 2.45) is 5.92 Å². The van der Waals surface area contributed by atoms with Crippen LogP contribution in [0.3, 0.4) is 0 Å². The van der Waals surface area contributed by atoms with Gasteiger partial charge in [-0.2, -0.15) is 5.26 Å². The maximum atomic E-state index is 9.07. The average molecular weight is 325 g/mol. The Kier molecular flexibility index (Phi) is 4.31. The van der Waals surface area contributed by atoms with Gasteiger partial charge in [-0.3, -0.25) is 0 Å². The first-order valence-corrected chi connectivity index (χ1v) is 7.94. The van der Waals surface area contributed by atoms with Gasteiger partial charge in [-0.1, -0.05) is 37.6 Å². The predicted molar refractivity (Wildman–Crippen MR) is 91.3 cm³/mol. The summed E-state index contributed by atoms with van der Waals surface area (Å²) in [5.74, 6) is 1.48. The number of hydrogen-bond donors (Lipinski definition) is 0. The van der Waals surface area contributed by atoms with Gasteiger partial charge in [0, 0.05) is 12.6 Å². The fourth-order valence-corrected chi connectivity index (χ4v) is 2.79. The minimum atomic E-state index is 0.492. The Morgan fingerprint density at radius 2 is 2.13 bits per heavy atom. The van der Waals surface area contributed by atoms with E-state index in [0.717, 1.165) is 29.0 Å². The molecule has 0 aliphatic heterocycles. The van der Waals surface area contributed by atoms with E-state index < -0.39 is 0 Å². The molecule has 23 heavy (non-hydrogen) atoms. The number of pyridine rings is 1. The molecule has 0 unspecified atom stereocenters. The molecule has 0 saturated carbocycles. The molecule has 0 atom stereocenters. The lowest BCUT2D eigenvalue weighted by Crippen LogP contribution is -2.08. The zero-order chi connectivity index (χ0) is 16.4. The zero-order valence-corrected chi connectivity index (χ0v) is 13.9. The molecular weight excluding hydrogens is 308 g/mol. The normalized spacial score (nSPS) is 11.1. The summed E-state index contributed by atoms with van der Waals surface area (Å²) in [7, 11) is 0. The van der Waals surface area contributed by atoms with Crippen molar-refractivity contribution < 1.29 is 0 Å². The molecule has 0 bridgehead atoms. The molecule has 0 N–H and O–H groups in total. The summed E-state index contributed by atoms with van der Waals surface area (Å²) in [4.78, 5) is 9.15. The van der Waals surface area contributed by atoms with Gasteiger partial charge in [0.2, 0.25) is 0 Å². The van der Waals surface area contributed by atoms with E-state index >= 15 is 0 Å². The molecule has 0 radical (unpaired) electrons. The second-order valence-corrected chi connectivity index (χ2v) is 6.46. The van der Waals surface area contributed by atoms with Gasteiger partial charge in [-0.15, -0.1) is 0 Å². The van der Waals surface area contributed by atoms with Gasteiger partial charge in [0.05, 0.1) is 23.2 Å². The third kappa shape index (κ3) is 3.35. The van der Waals surface area contributed by atoms with E-state index in [2.05, 4.69) is 29.5 Å². The van der Waals surface area contributed by atoms with E-state index in [-0.39, 0.29) is 0 Å². The first kappa shape index (κ1) is 15.5. The van der Waals surface area contributed by atoms with Gasteiger partial charge in [-0.25, -0.2) is 9.97 Å². The van der Waals surface area contributed by atoms with Crippen LogP contribution in [0.15, 0.2) is 36.5 Å². The van der Waals surface area contributed by atoms with Crippen LogP contribution in [0.25, 0.3) is 11.2 Å². The number of fused-ring (bicyclic) bond motifs is 1. The lowest BCUT2D eigenvalue weighted by atomic mass is 10.1. The summed E-state index contributed by atoms with van der Waals surface area (Å²) in [6.07, 6.45) is 2.51. The summed E-state index contributed by atoms with van der Waals surface area (Å²) < 4.78 is 2.11. The topological polar surface area (TPSA) is 54.5 Å².